The van der Waals surface area contributed by atoms with E-state index in [4.69, 9.17) is 5.73 Å². The SMILES string of the molecule is CCC(c1ccc(F)cc1F)N1CCN(C(=O)c2cccc(N)c2)CC1. The van der Waals surface area contributed by atoms with Crippen LogP contribution in [-0.2, 0) is 0 Å². The standard InChI is InChI=1S/C20H23F2N3O/c1-2-19(17-7-6-15(21)13-18(17)22)24-8-10-25(11-9-24)20(26)14-4-3-5-16(23)12-14/h3-7,12-13,19H,2,8-11,23H2,1H3. The Kier molecular flexibility index (Phi) is 5.52. The van der Waals surface area contributed by atoms with Gasteiger partial charge in [0.1, 0.15) is 11.6 Å². The minimum absolute atomic E-state index is 0.0436. The van der Waals surface area contributed by atoms with Gasteiger partial charge in [0, 0.05) is 55.1 Å². The fraction of sp³-hybridized carbons (Fsp3) is 0.350. The predicted octanol–water partition coefficient (Wildman–Crippen LogP) is 3.46. The normalized spacial score (nSPS) is 16.5. The largest absolute Gasteiger partial charge is 0.399 e. The zero-order valence-corrected chi connectivity index (χ0v) is 14.8. The van der Waals surface area contributed by atoms with Crippen molar-refractivity contribution in [1.82, 2.24) is 9.80 Å². The van der Waals surface area contributed by atoms with E-state index in [1.807, 2.05) is 6.92 Å². The summed E-state index contributed by atoms with van der Waals surface area (Å²) in [7, 11) is 0. The molecular weight excluding hydrogens is 336 g/mol. The number of piperazine rings is 1. The summed E-state index contributed by atoms with van der Waals surface area (Å²) in [5.41, 5.74) is 7.40. The van der Waals surface area contributed by atoms with Gasteiger partial charge in [-0.05, 0) is 30.7 Å². The summed E-state index contributed by atoms with van der Waals surface area (Å²) in [6.07, 6.45) is 0.714. The van der Waals surface area contributed by atoms with E-state index < -0.39 is 11.6 Å². The average molecular weight is 359 g/mol. The molecule has 2 aromatic rings. The van der Waals surface area contributed by atoms with Crippen molar-refractivity contribution >= 4 is 11.6 Å². The van der Waals surface area contributed by atoms with Crippen LogP contribution in [0.1, 0.15) is 35.3 Å². The number of anilines is 1. The van der Waals surface area contributed by atoms with Gasteiger partial charge in [-0.1, -0.05) is 19.1 Å². The summed E-state index contributed by atoms with van der Waals surface area (Å²) >= 11 is 0. The second kappa shape index (κ2) is 7.83. The molecule has 1 saturated heterocycles. The fourth-order valence-electron chi connectivity index (χ4n) is 3.54. The molecule has 3 rings (SSSR count). The summed E-state index contributed by atoms with van der Waals surface area (Å²) in [4.78, 5) is 16.6. The molecule has 1 unspecified atom stereocenters. The van der Waals surface area contributed by atoms with Gasteiger partial charge in [0.05, 0.1) is 0 Å². The summed E-state index contributed by atoms with van der Waals surface area (Å²) in [5, 5.41) is 0. The Morgan fingerprint density at radius 3 is 2.46 bits per heavy atom. The summed E-state index contributed by atoms with van der Waals surface area (Å²) in [5.74, 6) is -1.13. The van der Waals surface area contributed by atoms with Crippen LogP contribution >= 0.6 is 0 Å². The molecule has 1 atom stereocenters. The van der Waals surface area contributed by atoms with Gasteiger partial charge in [-0.3, -0.25) is 9.69 Å². The van der Waals surface area contributed by atoms with E-state index in [2.05, 4.69) is 4.90 Å². The molecule has 4 nitrogen and oxygen atoms in total. The van der Waals surface area contributed by atoms with Gasteiger partial charge < -0.3 is 10.6 Å². The minimum Gasteiger partial charge on any atom is -0.399 e. The van der Waals surface area contributed by atoms with E-state index in [1.165, 1.54) is 12.1 Å². The number of nitrogens with zero attached hydrogens (tertiary/aromatic N) is 2. The number of benzene rings is 2. The van der Waals surface area contributed by atoms with Gasteiger partial charge in [-0.15, -0.1) is 0 Å². The van der Waals surface area contributed by atoms with Crippen molar-refractivity contribution in [3.8, 4) is 0 Å². The van der Waals surface area contributed by atoms with Crippen molar-refractivity contribution in [3.05, 3.63) is 65.2 Å². The Hall–Kier alpha value is -2.47. The van der Waals surface area contributed by atoms with Gasteiger partial charge in [0.15, 0.2) is 0 Å². The quantitative estimate of drug-likeness (QED) is 0.851. The number of carbonyl (C=O) groups excluding carboxylic acids is 1. The number of halogens is 2. The lowest BCUT2D eigenvalue weighted by Gasteiger charge is -2.39. The molecule has 2 aromatic carbocycles. The van der Waals surface area contributed by atoms with Gasteiger partial charge in [-0.2, -0.15) is 0 Å². The Bertz CT molecular complexity index is 788. The van der Waals surface area contributed by atoms with Crippen molar-refractivity contribution in [3.63, 3.8) is 0 Å². The van der Waals surface area contributed by atoms with E-state index in [-0.39, 0.29) is 11.9 Å². The lowest BCUT2D eigenvalue weighted by molar-refractivity contribution is 0.0559. The predicted molar refractivity (Wildman–Crippen MR) is 97.7 cm³/mol. The molecule has 1 aliphatic rings. The summed E-state index contributed by atoms with van der Waals surface area (Å²) in [6.45, 7) is 4.39. The van der Waals surface area contributed by atoms with Crippen LogP contribution in [0.25, 0.3) is 0 Å². The Morgan fingerprint density at radius 1 is 1.12 bits per heavy atom. The average Bonchev–Trinajstić information content (AvgIpc) is 2.64. The molecule has 1 amide bonds. The molecule has 26 heavy (non-hydrogen) atoms. The first kappa shape index (κ1) is 18.3. The van der Waals surface area contributed by atoms with Crippen LogP contribution in [-0.4, -0.2) is 41.9 Å². The number of hydrogen-bond acceptors (Lipinski definition) is 3. The van der Waals surface area contributed by atoms with Crippen LogP contribution in [0.3, 0.4) is 0 Å². The van der Waals surface area contributed by atoms with Gasteiger partial charge in [-0.25, -0.2) is 8.78 Å². The smallest absolute Gasteiger partial charge is 0.254 e. The highest BCUT2D eigenvalue weighted by Crippen LogP contribution is 2.28. The Morgan fingerprint density at radius 2 is 1.85 bits per heavy atom. The van der Waals surface area contributed by atoms with E-state index in [1.54, 1.807) is 29.2 Å². The number of nitrogen functional groups attached to an aromatic ring is 1. The van der Waals surface area contributed by atoms with Crippen molar-refractivity contribution in [2.24, 2.45) is 0 Å². The first-order valence-electron chi connectivity index (χ1n) is 8.83. The lowest BCUT2D eigenvalue weighted by Crippen LogP contribution is -2.49. The number of nitrogens with two attached hydrogens (primary N) is 1. The highest BCUT2D eigenvalue weighted by molar-refractivity contribution is 5.95. The van der Waals surface area contributed by atoms with Crippen molar-refractivity contribution in [2.45, 2.75) is 19.4 Å². The van der Waals surface area contributed by atoms with E-state index in [9.17, 15) is 13.6 Å². The highest BCUT2D eigenvalue weighted by Gasteiger charge is 2.28. The molecule has 0 aliphatic carbocycles. The monoisotopic (exact) mass is 359 g/mol. The molecule has 0 radical (unpaired) electrons. The second-order valence-corrected chi connectivity index (χ2v) is 6.54. The first-order chi connectivity index (χ1) is 12.5. The third kappa shape index (κ3) is 3.85. The number of hydrogen-bond donors (Lipinski definition) is 1. The van der Waals surface area contributed by atoms with Crippen LogP contribution < -0.4 is 5.73 Å². The van der Waals surface area contributed by atoms with Crippen LogP contribution in [0.2, 0.25) is 0 Å². The summed E-state index contributed by atoms with van der Waals surface area (Å²) < 4.78 is 27.3. The number of carbonyl (C=O) groups is 1. The molecule has 0 spiro atoms. The molecular formula is C20H23F2N3O. The van der Waals surface area contributed by atoms with Crippen molar-refractivity contribution in [2.75, 3.05) is 31.9 Å². The molecule has 0 bridgehead atoms. The molecule has 0 saturated carbocycles. The zero-order chi connectivity index (χ0) is 18.7. The Labute approximate surface area is 152 Å². The number of rotatable bonds is 4. The minimum atomic E-state index is -0.571. The molecule has 2 N–H and O–H groups in total. The molecule has 6 heteroatoms. The van der Waals surface area contributed by atoms with Gasteiger partial charge >= 0.3 is 0 Å². The maximum Gasteiger partial charge on any atom is 0.254 e. The van der Waals surface area contributed by atoms with Crippen LogP contribution in [0.15, 0.2) is 42.5 Å². The van der Waals surface area contributed by atoms with Crippen molar-refractivity contribution in [1.29, 1.82) is 0 Å². The molecule has 0 aromatic heterocycles. The van der Waals surface area contributed by atoms with Crippen LogP contribution in [0.4, 0.5) is 14.5 Å². The van der Waals surface area contributed by atoms with E-state index >= 15 is 0 Å². The highest BCUT2D eigenvalue weighted by atomic mass is 19.1. The zero-order valence-electron chi connectivity index (χ0n) is 14.8. The molecule has 1 heterocycles. The van der Waals surface area contributed by atoms with E-state index in [0.29, 0.717) is 49.4 Å². The molecule has 1 fully saturated rings. The van der Waals surface area contributed by atoms with Crippen molar-refractivity contribution < 1.29 is 13.6 Å². The maximum atomic E-state index is 14.2. The lowest BCUT2D eigenvalue weighted by atomic mass is 10.0. The Balaban J connectivity index is 1.68. The molecule has 1 aliphatic heterocycles. The van der Waals surface area contributed by atoms with Gasteiger partial charge in [0.25, 0.3) is 5.91 Å². The van der Waals surface area contributed by atoms with Crippen LogP contribution in [0, 0.1) is 11.6 Å². The number of amides is 1. The van der Waals surface area contributed by atoms with Crippen LogP contribution in [0.5, 0.6) is 0 Å². The maximum absolute atomic E-state index is 14.2. The third-order valence-corrected chi connectivity index (χ3v) is 4.88. The topological polar surface area (TPSA) is 49.6 Å². The fourth-order valence-corrected chi connectivity index (χ4v) is 3.54. The second-order valence-electron chi connectivity index (χ2n) is 6.54. The first-order valence-corrected chi connectivity index (χ1v) is 8.83. The van der Waals surface area contributed by atoms with E-state index in [0.717, 1.165) is 6.07 Å². The molecule has 138 valence electrons. The third-order valence-electron chi connectivity index (χ3n) is 4.88. The van der Waals surface area contributed by atoms with Gasteiger partial charge in [0.2, 0.25) is 0 Å². The summed E-state index contributed by atoms with van der Waals surface area (Å²) in [6, 6.07) is 10.6.